The molecule has 5 heteroatoms. The highest BCUT2D eigenvalue weighted by atomic mass is 79.9. The molecule has 1 N–H and O–H groups in total. The van der Waals surface area contributed by atoms with E-state index >= 15 is 0 Å². The normalized spacial score (nSPS) is 11.0. The van der Waals surface area contributed by atoms with Gasteiger partial charge in [0.25, 0.3) is 5.91 Å². The number of nitrogens with one attached hydrogen (secondary N) is 1. The average molecular weight is 374 g/mol. The van der Waals surface area contributed by atoms with Crippen molar-refractivity contribution in [3.05, 3.63) is 58.8 Å². The van der Waals surface area contributed by atoms with Crippen LogP contribution in [0.1, 0.15) is 24.4 Å². The molecule has 1 aromatic heterocycles. The number of amides is 1. The first kappa shape index (κ1) is 15.6. The van der Waals surface area contributed by atoms with E-state index in [-0.39, 0.29) is 17.8 Å². The summed E-state index contributed by atoms with van der Waals surface area (Å²) in [5.41, 5.74) is 1.27. The first-order chi connectivity index (χ1) is 11.0. The van der Waals surface area contributed by atoms with Crippen LogP contribution in [0.3, 0.4) is 0 Å². The topological polar surface area (TPSA) is 51.5 Å². The largest absolute Gasteiger partial charge is 0.489 e. The van der Waals surface area contributed by atoms with E-state index < -0.39 is 0 Å². The lowest BCUT2D eigenvalue weighted by Gasteiger charge is -2.14. The summed E-state index contributed by atoms with van der Waals surface area (Å²) in [6.45, 7) is 3.88. The predicted octanol–water partition coefficient (Wildman–Crippen LogP) is 5.23. The van der Waals surface area contributed by atoms with Crippen molar-refractivity contribution >= 4 is 38.5 Å². The molecule has 0 spiro atoms. The van der Waals surface area contributed by atoms with Crippen LogP contribution in [0.25, 0.3) is 11.0 Å². The molecule has 1 heterocycles. The summed E-state index contributed by atoms with van der Waals surface area (Å²) in [6, 6.07) is 14.7. The molecule has 0 saturated carbocycles. The molecule has 3 aromatic rings. The maximum atomic E-state index is 12.5. The van der Waals surface area contributed by atoms with Crippen molar-refractivity contribution in [2.45, 2.75) is 20.0 Å². The van der Waals surface area contributed by atoms with Gasteiger partial charge in [-0.1, -0.05) is 24.3 Å². The number of furan rings is 1. The van der Waals surface area contributed by atoms with Crippen molar-refractivity contribution in [2.75, 3.05) is 5.32 Å². The Morgan fingerprint density at radius 2 is 1.96 bits per heavy atom. The fourth-order valence-corrected chi connectivity index (χ4v) is 2.71. The van der Waals surface area contributed by atoms with Gasteiger partial charge in [0.2, 0.25) is 0 Å². The SMILES string of the molecule is CC(C)Oc1ccccc1NC(=O)c1cc2cccc(Br)c2o1. The van der Waals surface area contributed by atoms with Crippen LogP contribution < -0.4 is 10.1 Å². The summed E-state index contributed by atoms with van der Waals surface area (Å²) >= 11 is 3.42. The molecule has 0 aliphatic heterocycles. The number of rotatable bonds is 4. The Morgan fingerprint density at radius 3 is 2.70 bits per heavy atom. The van der Waals surface area contributed by atoms with Gasteiger partial charge in [-0.15, -0.1) is 0 Å². The monoisotopic (exact) mass is 373 g/mol. The van der Waals surface area contributed by atoms with Gasteiger partial charge in [-0.2, -0.15) is 0 Å². The molecule has 3 rings (SSSR count). The molecule has 23 heavy (non-hydrogen) atoms. The smallest absolute Gasteiger partial charge is 0.291 e. The number of benzene rings is 2. The highest BCUT2D eigenvalue weighted by Gasteiger charge is 2.16. The van der Waals surface area contributed by atoms with Crippen LogP contribution in [-0.2, 0) is 0 Å². The van der Waals surface area contributed by atoms with Crippen LogP contribution in [0.4, 0.5) is 5.69 Å². The third-order valence-corrected chi connectivity index (χ3v) is 3.84. The van der Waals surface area contributed by atoms with Crippen molar-refractivity contribution in [3.8, 4) is 5.75 Å². The molecule has 0 saturated heterocycles. The lowest BCUT2D eigenvalue weighted by atomic mass is 10.2. The third kappa shape index (κ3) is 3.40. The van der Waals surface area contributed by atoms with E-state index in [1.807, 2.05) is 50.2 Å². The molecule has 0 fully saturated rings. The van der Waals surface area contributed by atoms with E-state index in [1.165, 1.54) is 0 Å². The molecule has 0 radical (unpaired) electrons. The van der Waals surface area contributed by atoms with Gasteiger partial charge >= 0.3 is 0 Å². The van der Waals surface area contributed by atoms with Crippen LogP contribution in [0.15, 0.2) is 57.4 Å². The van der Waals surface area contributed by atoms with Gasteiger partial charge in [-0.05, 0) is 54.0 Å². The minimum absolute atomic E-state index is 0.0233. The molecule has 0 bridgehead atoms. The number of halogens is 1. The van der Waals surface area contributed by atoms with Crippen molar-refractivity contribution in [2.24, 2.45) is 0 Å². The minimum Gasteiger partial charge on any atom is -0.489 e. The maximum Gasteiger partial charge on any atom is 0.291 e. The van der Waals surface area contributed by atoms with Gasteiger partial charge in [-0.25, -0.2) is 0 Å². The van der Waals surface area contributed by atoms with E-state index in [0.717, 1.165) is 9.86 Å². The van der Waals surface area contributed by atoms with E-state index in [9.17, 15) is 4.79 Å². The lowest BCUT2D eigenvalue weighted by Crippen LogP contribution is -2.13. The van der Waals surface area contributed by atoms with Crippen LogP contribution in [0.5, 0.6) is 5.75 Å². The number of hydrogen-bond acceptors (Lipinski definition) is 3. The molecule has 2 aromatic carbocycles. The quantitative estimate of drug-likeness (QED) is 0.680. The number of hydrogen-bond donors (Lipinski definition) is 1. The summed E-state index contributed by atoms with van der Waals surface area (Å²) in [6.07, 6.45) is 0.0233. The molecule has 0 atom stereocenters. The van der Waals surface area contributed by atoms with E-state index in [4.69, 9.17) is 9.15 Å². The second-order valence-electron chi connectivity index (χ2n) is 5.39. The van der Waals surface area contributed by atoms with Gasteiger partial charge in [-0.3, -0.25) is 4.79 Å². The molecular weight excluding hydrogens is 358 g/mol. The second-order valence-corrected chi connectivity index (χ2v) is 6.24. The molecule has 1 amide bonds. The summed E-state index contributed by atoms with van der Waals surface area (Å²) in [7, 11) is 0. The number of anilines is 1. The van der Waals surface area contributed by atoms with Crippen molar-refractivity contribution in [1.29, 1.82) is 0 Å². The number of carbonyl (C=O) groups is 1. The van der Waals surface area contributed by atoms with E-state index in [2.05, 4.69) is 21.2 Å². The highest BCUT2D eigenvalue weighted by Crippen LogP contribution is 2.29. The molecular formula is C18H16BrNO3. The van der Waals surface area contributed by atoms with Gasteiger partial charge in [0.15, 0.2) is 5.76 Å². The van der Waals surface area contributed by atoms with Crippen molar-refractivity contribution in [3.63, 3.8) is 0 Å². The average Bonchev–Trinajstić information content (AvgIpc) is 2.94. The standard InChI is InChI=1S/C18H16BrNO3/c1-11(2)22-15-9-4-3-8-14(15)20-18(21)16-10-12-6-5-7-13(19)17(12)23-16/h3-11H,1-2H3,(H,20,21). The van der Waals surface area contributed by atoms with E-state index in [1.54, 1.807) is 12.1 Å². The molecule has 118 valence electrons. The lowest BCUT2D eigenvalue weighted by molar-refractivity contribution is 0.0998. The Hall–Kier alpha value is -2.27. The summed E-state index contributed by atoms with van der Waals surface area (Å²) in [4.78, 5) is 12.5. The Morgan fingerprint density at radius 1 is 1.17 bits per heavy atom. The Balaban J connectivity index is 1.88. The van der Waals surface area contributed by atoms with Gasteiger partial charge in [0.05, 0.1) is 16.3 Å². The highest BCUT2D eigenvalue weighted by molar-refractivity contribution is 9.10. The molecule has 4 nitrogen and oxygen atoms in total. The summed E-state index contributed by atoms with van der Waals surface area (Å²) in [5, 5.41) is 3.71. The van der Waals surface area contributed by atoms with Crippen LogP contribution in [0, 0.1) is 0 Å². The Kier molecular flexibility index (Phi) is 4.39. The van der Waals surface area contributed by atoms with Crippen molar-refractivity contribution in [1.82, 2.24) is 0 Å². The fourth-order valence-electron chi connectivity index (χ4n) is 2.25. The van der Waals surface area contributed by atoms with E-state index in [0.29, 0.717) is 17.0 Å². The first-order valence-electron chi connectivity index (χ1n) is 7.29. The second kappa shape index (κ2) is 6.46. The number of para-hydroxylation sites is 3. The predicted molar refractivity (Wildman–Crippen MR) is 94.1 cm³/mol. The van der Waals surface area contributed by atoms with Crippen LogP contribution in [0.2, 0.25) is 0 Å². The fraction of sp³-hybridized carbons (Fsp3) is 0.167. The number of carbonyl (C=O) groups excluding carboxylic acids is 1. The summed E-state index contributed by atoms with van der Waals surface area (Å²) in [5.74, 6) is 0.576. The first-order valence-corrected chi connectivity index (χ1v) is 8.09. The number of ether oxygens (including phenoxy) is 1. The number of fused-ring (bicyclic) bond motifs is 1. The molecule has 0 aliphatic carbocycles. The molecule has 0 aliphatic rings. The summed E-state index contributed by atoms with van der Waals surface area (Å²) < 4.78 is 12.2. The zero-order valence-corrected chi connectivity index (χ0v) is 14.4. The zero-order chi connectivity index (χ0) is 16.4. The Bertz CT molecular complexity index is 854. The van der Waals surface area contributed by atoms with Gasteiger partial charge in [0.1, 0.15) is 11.3 Å². The zero-order valence-electron chi connectivity index (χ0n) is 12.8. The van der Waals surface area contributed by atoms with Gasteiger partial charge < -0.3 is 14.5 Å². The molecule has 0 unspecified atom stereocenters. The van der Waals surface area contributed by atoms with Crippen LogP contribution in [-0.4, -0.2) is 12.0 Å². The Labute approximate surface area is 142 Å². The minimum atomic E-state index is -0.312. The maximum absolute atomic E-state index is 12.5. The van der Waals surface area contributed by atoms with Gasteiger partial charge in [0, 0.05) is 5.39 Å². The van der Waals surface area contributed by atoms with Crippen molar-refractivity contribution < 1.29 is 13.9 Å². The van der Waals surface area contributed by atoms with Crippen LogP contribution >= 0.6 is 15.9 Å². The third-order valence-electron chi connectivity index (χ3n) is 3.22.